The Hall–Kier alpha value is -2.87. The zero-order valence-corrected chi connectivity index (χ0v) is 18.8. The second-order valence-corrected chi connectivity index (χ2v) is 8.67. The smallest absolute Gasteiger partial charge is 0.410 e. The predicted octanol–water partition coefficient (Wildman–Crippen LogP) is 3.12. The average molecular weight is 431 g/mol. The van der Waals surface area contributed by atoms with Gasteiger partial charge >= 0.3 is 12.1 Å². The quantitative estimate of drug-likeness (QED) is 0.693. The first-order valence-electron chi connectivity index (χ1n) is 10.5. The number of esters is 1. The second-order valence-electron chi connectivity index (χ2n) is 8.67. The summed E-state index contributed by atoms with van der Waals surface area (Å²) in [7, 11) is 0. The lowest BCUT2D eigenvalue weighted by Gasteiger charge is -2.37. The van der Waals surface area contributed by atoms with Crippen molar-refractivity contribution in [2.24, 2.45) is 0 Å². The average Bonchev–Trinajstić information content (AvgIpc) is 2.69. The molecule has 3 rings (SSSR count). The number of aromatic nitrogens is 1. The highest BCUT2D eigenvalue weighted by molar-refractivity contribution is 5.94. The number of ether oxygens (including phenoxy) is 3. The number of fused-ring (bicyclic) bond motifs is 1. The van der Waals surface area contributed by atoms with Gasteiger partial charge in [-0.25, -0.2) is 9.59 Å². The van der Waals surface area contributed by atoms with Gasteiger partial charge in [-0.05, 0) is 46.8 Å². The third-order valence-electron chi connectivity index (χ3n) is 4.99. The van der Waals surface area contributed by atoms with Crippen LogP contribution in [0.1, 0.15) is 43.6 Å². The van der Waals surface area contributed by atoms with Gasteiger partial charge in [0.05, 0.1) is 31.4 Å². The first kappa shape index (κ1) is 22.8. The van der Waals surface area contributed by atoms with Crippen LogP contribution in [0, 0.1) is 6.92 Å². The van der Waals surface area contributed by atoms with Crippen molar-refractivity contribution in [1.29, 1.82) is 0 Å². The van der Waals surface area contributed by atoms with Gasteiger partial charge in [-0.15, -0.1) is 0 Å². The van der Waals surface area contributed by atoms with Crippen LogP contribution in [0.15, 0.2) is 29.2 Å². The molecule has 2 aromatic rings. The van der Waals surface area contributed by atoms with Crippen LogP contribution in [0.4, 0.5) is 4.79 Å². The van der Waals surface area contributed by atoms with Gasteiger partial charge in [-0.3, -0.25) is 9.69 Å². The predicted molar refractivity (Wildman–Crippen MR) is 116 cm³/mol. The summed E-state index contributed by atoms with van der Waals surface area (Å²) in [5.74, 6) is -0.659. The normalized spacial score (nSPS) is 16.9. The Balaban J connectivity index is 2.02. The number of hydrogen-bond donors (Lipinski definition) is 0. The molecule has 0 spiro atoms. The first-order valence-corrected chi connectivity index (χ1v) is 10.5. The second kappa shape index (κ2) is 9.09. The molecule has 0 bridgehead atoms. The van der Waals surface area contributed by atoms with Gasteiger partial charge < -0.3 is 18.8 Å². The first-order chi connectivity index (χ1) is 14.6. The van der Waals surface area contributed by atoms with Gasteiger partial charge in [0.15, 0.2) is 0 Å². The van der Waals surface area contributed by atoms with Crippen molar-refractivity contribution in [2.45, 2.75) is 52.8 Å². The molecule has 1 saturated heterocycles. The number of amides is 1. The fourth-order valence-electron chi connectivity index (χ4n) is 3.61. The number of carbonyl (C=O) groups excluding carboxylic acids is 2. The van der Waals surface area contributed by atoms with Gasteiger partial charge in [-0.1, -0.05) is 11.6 Å². The Labute approximate surface area is 181 Å². The molecule has 1 aliphatic heterocycles. The molecule has 1 aromatic carbocycles. The van der Waals surface area contributed by atoms with Crippen molar-refractivity contribution in [2.75, 3.05) is 26.4 Å². The SMILES string of the molecule is CCOC(=O)c1cn(C[C@H]2COCCN2C(=O)OC(C)(C)C)c2ccc(C)cc2c1=O. The van der Waals surface area contributed by atoms with E-state index < -0.39 is 17.7 Å². The summed E-state index contributed by atoms with van der Waals surface area (Å²) in [6, 6.07) is 5.21. The molecular formula is C23H30N2O6. The van der Waals surface area contributed by atoms with Gasteiger partial charge in [0, 0.05) is 24.7 Å². The van der Waals surface area contributed by atoms with Crippen LogP contribution in [0.5, 0.6) is 0 Å². The Morgan fingerprint density at radius 1 is 1.26 bits per heavy atom. The molecule has 1 fully saturated rings. The molecule has 1 atom stereocenters. The number of pyridine rings is 1. The zero-order valence-electron chi connectivity index (χ0n) is 18.8. The molecule has 2 heterocycles. The minimum absolute atomic E-state index is 0.0273. The molecule has 0 saturated carbocycles. The highest BCUT2D eigenvalue weighted by atomic mass is 16.6. The van der Waals surface area contributed by atoms with Crippen molar-refractivity contribution < 1.29 is 23.8 Å². The summed E-state index contributed by atoms with van der Waals surface area (Å²) >= 11 is 0. The van der Waals surface area contributed by atoms with E-state index in [1.165, 1.54) is 6.20 Å². The standard InChI is InChI=1S/C23H30N2O6/c1-6-30-21(27)18-13-24(19-8-7-15(2)11-17(19)20(18)26)12-16-14-29-10-9-25(16)22(28)31-23(3,4)5/h7-8,11,13,16H,6,9-10,12,14H2,1-5H3/t16-/m0/s1. The van der Waals surface area contributed by atoms with Crippen LogP contribution in [-0.4, -0.2) is 59.5 Å². The minimum atomic E-state index is -0.659. The number of benzene rings is 1. The van der Waals surface area contributed by atoms with Crippen LogP contribution in [0.2, 0.25) is 0 Å². The Morgan fingerprint density at radius 3 is 2.68 bits per heavy atom. The van der Waals surface area contributed by atoms with E-state index in [-0.39, 0.29) is 23.6 Å². The van der Waals surface area contributed by atoms with Crippen LogP contribution in [0.25, 0.3) is 10.9 Å². The number of morpholine rings is 1. The third-order valence-corrected chi connectivity index (χ3v) is 4.99. The van der Waals surface area contributed by atoms with Crippen LogP contribution >= 0.6 is 0 Å². The van der Waals surface area contributed by atoms with Gasteiger partial charge in [0.2, 0.25) is 5.43 Å². The van der Waals surface area contributed by atoms with Crippen molar-refractivity contribution >= 4 is 23.0 Å². The van der Waals surface area contributed by atoms with E-state index in [2.05, 4.69) is 0 Å². The Morgan fingerprint density at radius 2 is 2.00 bits per heavy atom. The fourth-order valence-corrected chi connectivity index (χ4v) is 3.61. The Bertz CT molecular complexity index is 1040. The molecule has 0 unspecified atom stereocenters. The molecule has 0 N–H and O–H groups in total. The third kappa shape index (κ3) is 5.25. The van der Waals surface area contributed by atoms with Crippen molar-refractivity contribution in [3.05, 3.63) is 45.7 Å². The summed E-state index contributed by atoms with van der Waals surface area (Å²) in [5.41, 5.74) is 0.586. The molecule has 1 aliphatic rings. The number of hydrogen-bond acceptors (Lipinski definition) is 6. The molecule has 0 radical (unpaired) electrons. The number of aryl methyl sites for hydroxylation is 1. The minimum Gasteiger partial charge on any atom is -0.462 e. The highest BCUT2D eigenvalue weighted by Gasteiger charge is 2.31. The van der Waals surface area contributed by atoms with E-state index >= 15 is 0 Å². The van der Waals surface area contributed by atoms with Crippen molar-refractivity contribution in [3.8, 4) is 0 Å². The lowest BCUT2D eigenvalue weighted by atomic mass is 10.1. The summed E-state index contributed by atoms with van der Waals surface area (Å²) in [6.45, 7) is 10.7. The van der Waals surface area contributed by atoms with Crippen LogP contribution in [-0.2, 0) is 20.8 Å². The summed E-state index contributed by atoms with van der Waals surface area (Å²) in [6.07, 6.45) is 1.10. The molecule has 168 valence electrons. The maximum absolute atomic E-state index is 12.9. The van der Waals surface area contributed by atoms with E-state index in [4.69, 9.17) is 14.2 Å². The molecular weight excluding hydrogens is 400 g/mol. The molecule has 0 aliphatic carbocycles. The lowest BCUT2D eigenvalue weighted by Crippen LogP contribution is -2.52. The molecule has 1 amide bonds. The molecule has 8 heteroatoms. The maximum Gasteiger partial charge on any atom is 0.410 e. The van der Waals surface area contributed by atoms with E-state index in [9.17, 15) is 14.4 Å². The van der Waals surface area contributed by atoms with Crippen LogP contribution in [0.3, 0.4) is 0 Å². The monoisotopic (exact) mass is 430 g/mol. The highest BCUT2D eigenvalue weighted by Crippen LogP contribution is 2.20. The number of carbonyl (C=O) groups is 2. The zero-order chi connectivity index (χ0) is 22.8. The number of nitrogens with zero attached hydrogens (tertiary/aromatic N) is 2. The maximum atomic E-state index is 12.9. The molecule has 8 nitrogen and oxygen atoms in total. The van der Waals surface area contributed by atoms with E-state index in [1.54, 1.807) is 17.9 Å². The summed E-state index contributed by atoms with van der Waals surface area (Å²) in [4.78, 5) is 39.8. The number of rotatable bonds is 4. The van der Waals surface area contributed by atoms with Gasteiger partial charge in [0.25, 0.3) is 0 Å². The van der Waals surface area contributed by atoms with Crippen molar-refractivity contribution in [3.63, 3.8) is 0 Å². The Kier molecular flexibility index (Phi) is 6.69. The topological polar surface area (TPSA) is 87.1 Å². The summed E-state index contributed by atoms with van der Waals surface area (Å²) in [5, 5.41) is 0.436. The lowest BCUT2D eigenvalue weighted by molar-refractivity contribution is -0.0356. The molecule has 31 heavy (non-hydrogen) atoms. The summed E-state index contributed by atoms with van der Waals surface area (Å²) < 4.78 is 18.1. The fraction of sp³-hybridized carbons (Fsp3) is 0.522. The van der Waals surface area contributed by atoms with E-state index in [0.717, 1.165) is 5.56 Å². The van der Waals surface area contributed by atoms with Gasteiger partial charge in [0.1, 0.15) is 11.2 Å². The van der Waals surface area contributed by atoms with Crippen molar-refractivity contribution in [1.82, 2.24) is 9.47 Å². The van der Waals surface area contributed by atoms with Crippen LogP contribution < -0.4 is 5.43 Å². The van der Waals surface area contributed by atoms with E-state index in [1.807, 2.05) is 44.4 Å². The largest absolute Gasteiger partial charge is 0.462 e. The van der Waals surface area contributed by atoms with Gasteiger partial charge in [-0.2, -0.15) is 0 Å². The van der Waals surface area contributed by atoms with E-state index in [0.29, 0.717) is 37.2 Å². The molecule has 1 aromatic heterocycles.